The van der Waals surface area contributed by atoms with E-state index in [1.54, 1.807) is 12.1 Å². The summed E-state index contributed by atoms with van der Waals surface area (Å²) in [6.45, 7) is 0. The summed E-state index contributed by atoms with van der Waals surface area (Å²) in [5.41, 5.74) is 1.93. The second-order valence-electron chi connectivity index (χ2n) is 6.00. The van der Waals surface area contributed by atoms with E-state index < -0.39 is 0 Å². The van der Waals surface area contributed by atoms with E-state index in [-0.39, 0.29) is 11.8 Å². The number of anilines is 1. The molecule has 140 valence electrons. The SMILES string of the molecule is O=C1C(SCc2ccccc2)=C(c2cccs2)C(=O)N1c1ccc(Cl)c(Cl)c1. The molecule has 1 aliphatic rings. The lowest BCUT2D eigenvalue weighted by atomic mass is 10.2. The summed E-state index contributed by atoms with van der Waals surface area (Å²) >= 11 is 14.9. The maximum atomic E-state index is 13.2. The van der Waals surface area contributed by atoms with Crippen LogP contribution in [0.3, 0.4) is 0 Å². The number of hydrogen-bond acceptors (Lipinski definition) is 4. The van der Waals surface area contributed by atoms with Gasteiger partial charge in [-0.3, -0.25) is 9.59 Å². The van der Waals surface area contributed by atoms with E-state index in [0.717, 1.165) is 10.4 Å². The molecule has 28 heavy (non-hydrogen) atoms. The predicted molar refractivity (Wildman–Crippen MR) is 118 cm³/mol. The zero-order chi connectivity index (χ0) is 19.7. The number of benzene rings is 2. The predicted octanol–water partition coefficient (Wildman–Crippen LogP) is 6.27. The fraction of sp³-hybridized carbons (Fsp3) is 0.0476. The van der Waals surface area contributed by atoms with E-state index in [1.807, 2.05) is 47.8 Å². The Balaban J connectivity index is 1.72. The first kappa shape index (κ1) is 19.3. The highest BCUT2D eigenvalue weighted by Crippen LogP contribution is 2.41. The van der Waals surface area contributed by atoms with Gasteiger partial charge in [-0.25, -0.2) is 4.90 Å². The van der Waals surface area contributed by atoms with Gasteiger partial charge >= 0.3 is 0 Å². The zero-order valence-corrected chi connectivity index (χ0v) is 17.5. The first-order valence-corrected chi connectivity index (χ1v) is 11.0. The number of thiophene rings is 1. The highest BCUT2D eigenvalue weighted by atomic mass is 35.5. The van der Waals surface area contributed by atoms with Crippen LogP contribution in [0.5, 0.6) is 0 Å². The van der Waals surface area contributed by atoms with Crippen LogP contribution in [0.2, 0.25) is 10.0 Å². The normalized spacial score (nSPS) is 14.3. The minimum absolute atomic E-state index is 0.294. The molecule has 0 unspecified atom stereocenters. The van der Waals surface area contributed by atoms with Crippen LogP contribution in [-0.4, -0.2) is 11.8 Å². The van der Waals surface area contributed by atoms with Crippen LogP contribution in [0.15, 0.2) is 70.9 Å². The van der Waals surface area contributed by atoms with Crippen LogP contribution in [0.4, 0.5) is 5.69 Å². The van der Waals surface area contributed by atoms with Gasteiger partial charge in [-0.05, 0) is 35.2 Å². The molecule has 0 N–H and O–H groups in total. The van der Waals surface area contributed by atoms with Crippen molar-refractivity contribution in [1.82, 2.24) is 0 Å². The van der Waals surface area contributed by atoms with Gasteiger partial charge in [0.1, 0.15) is 0 Å². The Labute approximate surface area is 180 Å². The molecule has 0 saturated heterocycles. The molecular formula is C21H13Cl2NO2S2. The maximum absolute atomic E-state index is 13.2. The lowest BCUT2D eigenvalue weighted by molar-refractivity contribution is -0.119. The molecule has 2 amide bonds. The summed E-state index contributed by atoms with van der Waals surface area (Å²) in [6, 6.07) is 18.3. The minimum Gasteiger partial charge on any atom is -0.268 e. The van der Waals surface area contributed by atoms with Crippen molar-refractivity contribution in [3.63, 3.8) is 0 Å². The van der Waals surface area contributed by atoms with Crippen molar-refractivity contribution >= 4 is 69.4 Å². The van der Waals surface area contributed by atoms with Crippen molar-refractivity contribution in [2.24, 2.45) is 0 Å². The average Bonchev–Trinajstić information content (AvgIpc) is 3.30. The summed E-state index contributed by atoms with van der Waals surface area (Å²) in [4.78, 5) is 28.8. The number of carbonyl (C=O) groups excluding carboxylic acids is 2. The number of amides is 2. The van der Waals surface area contributed by atoms with Crippen molar-refractivity contribution in [2.75, 3.05) is 4.90 Å². The van der Waals surface area contributed by atoms with Gasteiger partial charge < -0.3 is 0 Å². The van der Waals surface area contributed by atoms with E-state index in [0.29, 0.717) is 32.0 Å². The third kappa shape index (κ3) is 3.63. The highest BCUT2D eigenvalue weighted by Gasteiger charge is 2.40. The van der Waals surface area contributed by atoms with Crippen molar-refractivity contribution in [3.05, 3.63) is 91.4 Å². The summed E-state index contributed by atoms with van der Waals surface area (Å²) in [7, 11) is 0. The lowest BCUT2D eigenvalue weighted by Crippen LogP contribution is -2.31. The molecule has 4 rings (SSSR count). The third-order valence-corrected chi connectivity index (χ3v) is 6.97. The van der Waals surface area contributed by atoms with E-state index in [9.17, 15) is 9.59 Å². The number of halogens is 2. The first-order valence-electron chi connectivity index (χ1n) is 8.35. The fourth-order valence-corrected chi connectivity index (χ4v) is 5.05. The van der Waals surface area contributed by atoms with Crippen LogP contribution in [0, 0.1) is 0 Å². The summed E-state index contributed by atoms with van der Waals surface area (Å²) < 4.78 is 0. The lowest BCUT2D eigenvalue weighted by Gasteiger charge is -2.15. The Morgan fingerprint density at radius 3 is 2.36 bits per heavy atom. The van der Waals surface area contributed by atoms with E-state index >= 15 is 0 Å². The average molecular weight is 446 g/mol. The molecule has 3 nitrogen and oxygen atoms in total. The van der Waals surface area contributed by atoms with Crippen molar-refractivity contribution in [2.45, 2.75) is 5.75 Å². The highest BCUT2D eigenvalue weighted by molar-refractivity contribution is 8.03. The van der Waals surface area contributed by atoms with Crippen molar-refractivity contribution in [1.29, 1.82) is 0 Å². The molecule has 0 saturated carbocycles. The van der Waals surface area contributed by atoms with Gasteiger partial charge in [0.2, 0.25) is 0 Å². The van der Waals surface area contributed by atoms with Gasteiger partial charge in [0.05, 0.1) is 26.2 Å². The number of imide groups is 1. The Bertz CT molecular complexity index is 1080. The Hall–Kier alpha value is -2.05. The van der Waals surface area contributed by atoms with Crippen LogP contribution < -0.4 is 4.90 Å². The summed E-state index contributed by atoms with van der Waals surface area (Å²) in [5, 5.41) is 2.55. The second-order valence-corrected chi connectivity index (χ2v) is 8.75. The smallest absolute Gasteiger partial charge is 0.268 e. The topological polar surface area (TPSA) is 37.4 Å². The number of carbonyl (C=O) groups is 2. The van der Waals surface area contributed by atoms with Gasteiger partial charge in [-0.15, -0.1) is 23.1 Å². The van der Waals surface area contributed by atoms with Gasteiger partial charge in [0.25, 0.3) is 11.8 Å². The summed E-state index contributed by atoms with van der Waals surface area (Å²) in [6.07, 6.45) is 0. The van der Waals surface area contributed by atoms with Gasteiger partial charge in [-0.2, -0.15) is 0 Å². The van der Waals surface area contributed by atoms with E-state index in [4.69, 9.17) is 23.2 Å². The Morgan fingerprint density at radius 2 is 1.68 bits per heavy atom. The molecule has 7 heteroatoms. The van der Waals surface area contributed by atoms with Crippen molar-refractivity contribution < 1.29 is 9.59 Å². The molecule has 1 aromatic heterocycles. The summed E-state index contributed by atoms with van der Waals surface area (Å²) in [5.74, 6) is -0.0895. The molecule has 0 aliphatic carbocycles. The molecule has 2 aromatic carbocycles. The minimum atomic E-state index is -0.346. The Morgan fingerprint density at radius 1 is 0.893 bits per heavy atom. The largest absolute Gasteiger partial charge is 0.272 e. The first-order chi connectivity index (χ1) is 13.6. The van der Waals surface area contributed by atoms with E-state index in [2.05, 4.69) is 0 Å². The molecular weight excluding hydrogens is 433 g/mol. The van der Waals surface area contributed by atoms with Crippen LogP contribution in [-0.2, 0) is 15.3 Å². The third-order valence-electron chi connectivity index (χ3n) is 4.20. The second kappa shape index (κ2) is 8.13. The number of nitrogens with zero attached hydrogens (tertiary/aromatic N) is 1. The van der Waals surface area contributed by atoms with Gasteiger partial charge in [0.15, 0.2) is 0 Å². The molecule has 0 fully saturated rings. The van der Waals surface area contributed by atoms with Gasteiger partial charge in [0, 0.05) is 10.6 Å². The molecule has 0 bridgehead atoms. The Kier molecular flexibility index (Phi) is 5.60. The van der Waals surface area contributed by atoms with Crippen LogP contribution >= 0.6 is 46.3 Å². The molecule has 0 radical (unpaired) electrons. The standard InChI is InChI=1S/C21H13Cl2NO2S2/c22-15-9-8-14(11-16(15)23)24-20(25)18(17-7-4-10-27-17)19(21(24)26)28-12-13-5-2-1-3-6-13/h1-11H,12H2. The molecule has 0 spiro atoms. The van der Waals surface area contributed by atoms with Crippen LogP contribution in [0.25, 0.3) is 5.57 Å². The number of hydrogen-bond donors (Lipinski definition) is 0. The van der Waals surface area contributed by atoms with Gasteiger partial charge in [-0.1, -0.05) is 59.6 Å². The molecule has 2 heterocycles. The van der Waals surface area contributed by atoms with Crippen LogP contribution in [0.1, 0.15) is 10.4 Å². The maximum Gasteiger partial charge on any atom is 0.272 e. The fourth-order valence-electron chi connectivity index (χ4n) is 2.87. The molecule has 3 aromatic rings. The number of thioether (sulfide) groups is 1. The quantitative estimate of drug-likeness (QED) is 0.434. The van der Waals surface area contributed by atoms with Crippen molar-refractivity contribution in [3.8, 4) is 0 Å². The van der Waals surface area contributed by atoms with E-state index in [1.165, 1.54) is 34.1 Å². The zero-order valence-electron chi connectivity index (χ0n) is 14.4. The monoisotopic (exact) mass is 445 g/mol. The molecule has 0 atom stereocenters. The molecule has 1 aliphatic heterocycles. The number of rotatable bonds is 5.